The van der Waals surface area contributed by atoms with Gasteiger partial charge in [-0.2, -0.15) is 0 Å². The van der Waals surface area contributed by atoms with Gasteiger partial charge in [-0.1, -0.05) is 26.2 Å². The molecule has 0 fully saturated rings. The number of aromatic nitrogens is 1. The predicted molar refractivity (Wildman–Crippen MR) is 71.4 cm³/mol. The summed E-state index contributed by atoms with van der Waals surface area (Å²) in [5, 5.41) is 10.7. The molecule has 0 bridgehead atoms. The second-order valence-corrected chi connectivity index (χ2v) is 4.11. The molecule has 0 aliphatic heterocycles. The van der Waals surface area contributed by atoms with Crippen molar-refractivity contribution in [2.45, 2.75) is 39.0 Å². The Morgan fingerprint density at radius 2 is 2.21 bits per heavy atom. The summed E-state index contributed by atoms with van der Waals surface area (Å²) in [5.74, 6) is -0.162. The minimum absolute atomic E-state index is 0.0365. The highest BCUT2D eigenvalue weighted by Gasteiger charge is 2.14. The van der Waals surface area contributed by atoms with Crippen molar-refractivity contribution in [2.24, 2.45) is 0 Å². The van der Waals surface area contributed by atoms with E-state index in [0.29, 0.717) is 6.42 Å². The Balaban J connectivity index is 2.40. The molecule has 0 aliphatic carbocycles. The Bertz CT molecular complexity index is 437. The fourth-order valence-electron chi connectivity index (χ4n) is 1.54. The Labute approximate surface area is 111 Å². The highest BCUT2D eigenvalue weighted by atomic mass is 16.6. The smallest absolute Gasteiger partial charge is 0.276 e. The third-order valence-electron chi connectivity index (χ3n) is 2.56. The number of hydrogen-bond acceptors (Lipinski definition) is 5. The van der Waals surface area contributed by atoms with Crippen LogP contribution in [0, 0.1) is 10.1 Å². The molecule has 0 spiro atoms. The Morgan fingerprint density at radius 1 is 1.42 bits per heavy atom. The van der Waals surface area contributed by atoms with E-state index in [0.717, 1.165) is 25.7 Å². The maximum Gasteiger partial charge on any atom is 0.313 e. The first-order valence-electron chi connectivity index (χ1n) is 6.29. The van der Waals surface area contributed by atoms with Crippen LogP contribution < -0.4 is 10.9 Å². The van der Waals surface area contributed by atoms with E-state index in [2.05, 4.69) is 22.8 Å². The molecule has 0 saturated heterocycles. The Morgan fingerprint density at radius 3 is 2.89 bits per heavy atom. The van der Waals surface area contributed by atoms with Crippen LogP contribution >= 0.6 is 0 Å². The van der Waals surface area contributed by atoms with Crippen LogP contribution in [0.2, 0.25) is 0 Å². The number of hydrogen-bond donors (Lipinski definition) is 2. The van der Waals surface area contributed by atoms with Gasteiger partial charge >= 0.3 is 5.69 Å². The maximum atomic E-state index is 11.5. The molecule has 0 saturated carbocycles. The summed E-state index contributed by atoms with van der Waals surface area (Å²) in [6, 6.07) is 2.79. The fraction of sp³-hybridized carbons (Fsp3) is 0.500. The third kappa shape index (κ3) is 5.33. The summed E-state index contributed by atoms with van der Waals surface area (Å²) in [6.07, 6.45) is 5.85. The molecule has 1 heterocycles. The van der Waals surface area contributed by atoms with E-state index in [1.165, 1.54) is 18.3 Å². The van der Waals surface area contributed by atoms with Crippen LogP contribution in [0.3, 0.4) is 0 Å². The molecule has 2 N–H and O–H groups in total. The number of carbonyl (C=O) groups excluding carboxylic acids is 1. The zero-order valence-corrected chi connectivity index (χ0v) is 10.9. The van der Waals surface area contributed by atoms with Crippen LogP contribution in [0.15, 0.2) is 18.3 Å². The molecule has 0 radical (unpaired) electrons. The number of rotatable bonds is 8. The molecule has 0 unspecified atom stereocenters. The van der Waals surface area contributed by atoms with E-state index >= 15 is 0 Å². The van der Waals surface area contributed by atoms with Gasteiger partial charge in [-0.3, -0.25) is 25.8 Å². The molecule has 104 valence electrons. The number of hydrazine groups is 1. The molecular formula is C12H18N4O3. The average Bonchev–Trinajstić information content (AvgIpc) is 2.41. The van der Waals surface area contributed by atoms with Gasteiger partial charge in [0, 0.05) is 18.7 Å². The zero-order valence-electron chi connectivity index (χ0n) is 10.9. The first-order valence-corrected chi connectivity index (χ1v) is 6.29. The SMILES string of the molecule is CCCCCCC(=O)NNc1ncccc1[N+](=O)[O-]. The van der Waals surface area contributed by atoms with Crippen molar-refractivity contribution < 1.29 is 9.72 Å². The summed E-state index contributed by atoms with van der Waals surface area (Å²) in [4.78, 5) is 25.5. The lowest BCUT2D eigenvalue weighted by Gasteiger charge is -2.07. The largest absolute Gasteiger partial charge is 0.313 e. The molecule has 7 heteroatoms. The van der Waals surface area contributed by atoms with E-state index in [-0.39, 0.29) is 17.4 Å². The minimum atomic E-state index is -0.553. The summed E-state index contributed by atoms with van der Waals surface area (Å²) in [7, 11) is 0. The average molecular weight is 266 g/mol. The number of unbranched alkanes of at least 4 members (excludes halogenated alkanes) is 3. The van der Waals surface area contributed by atoms with Crippen LogP contribution in [0.25, 0.3) is 0 Å². The van der Waals surface area contributed by atoms with Crippen molar-refractivity contribution in [3.05, 3.63) is 28.4 Å². The highest BCUT2D eigenvalue weighted by Crippen LogP contribution is 2.19. The first kappa shape index (κ1) is 14.9. The van der Waals surface area contributed by atoms with E-state index in [4.69, 9.17) is 0 Å². The quantitative estimate of drug-likeness (QED) is 0.428. The summed E-state index contributed by atoms with van der Waals surface area (Å²) >= 11 is 0. The van der Waals surface area contributed by atoms with Crippen LogP contribution in [0.5, 0.6) is 0 Å². The minimum Gasteiger partial charge on any atom is -0.276 e. The van der Waals surface area contributed by atoms with E-state index in [9.17, 15) is 14.9 Å². The van der Waals surface area contributed by atoms with Crippen molar-refractivity contribution in [1.29, 1.82) is 0 Å². The van der Waals surface area contributed by atoms with Crippen molar-refractivity contribution >= 4 is 17.4 Å². The highest BCUT2D eigenvalue weighted by molar-refractivity contribution is 5.77. The van der Waals surface area contributed by atoms with Crippen molar-refractivity contribution in [3.63, 3.8) is 0 Å². The lowest BCUT2D eigenvalue weighted by Crippen LogP contribution is -2.29. The number of nitro groups is 1. The fourth-order valence-corrected chi connectivity index (χ4v) is 1.54. The van der Waals surface area contributed by atoms with Gasteiger partial charge < -0.3 is 0 Å². The number of amides is 1. The molecule has 19 heavy (non-hydrogen) atoms. The topological polar surface area (TPSA) is 97.2 Å². The van der Waals surface area contributed by atoms with Gasteiger partial charge in [-0.25, -0.2) is 4.98 Å². The standard InChI is InChI=1S/C12H18N4O3/c1-2-3-4-5-8-11(17)14-15-12-10(16(18)19)7-6-9-13-12/h6-7,9H,2-5,8H2,1H3,(H,13,15)(H,14,17). The van der Waals surface area contributed by atoms with Crippen molar-refractivity contribution in [3.8, 4) is 0 Å². The monoisotopic (exact) mass is 266 g/mol. The van der Waals surface area contributed by atoms with Gasteiger partial charge in [0.15, 0.2) is 0 Å². The maximum absolute atomic E-state index is 11.5. The zero-order chi connectivity index (χ0) is 14.1. The second-order valence-electron chi connectivity index (χ2n) is 4.11. The van der Waals surface area contributed by atoms with Gasteiger partial charge in [0.1, 0.15) is 0 Å². The van der Waals surface area contributed by atoms with Crippen LogP contribution in [0.4, 0.5) is 11.5 Å². The molecule has 7 nitrogen and oxygen atoms in total. The van der Waals surface area contributed by atoms with Crippen molar-refractivity contribution in [1.82, 2.24) is 10.4 Å². The van der Waals surface area contributed by atoms with Crippen molar-refractivity contribution in [2.75, 3.05) is 5.43 Å². The second kappa shape index (κ2) is 8.02. The lowest BCUT2D eigenvalue weighted by atomic mass is 10.1. The first-order chi connectivity index (χ1) is 9.15. The summed E-state index contributed by atoms with van der Waals surface area (Å²) < 4.78 is 0. The molecule has 0 aromatic carbocycles. The van der Waals surface area contributed by atoms with Gasteiger partial charge in [-0.05, 0) is 12.5 Å². The number of anilines is 1. The molecule has 1 aromatic rings. The van der Waals surface area contributed by atoms with Crippen LogP contribution in [-0.4, -0.2) is 15.8 Å². The molecule has 0 atom stereocenters. The molecular weight excluding hydrogens is 248 g/mol. The third-order valence-corrected chi connectivity index (χ3v) is 2.56. The number of carbonyl (C=O) groups is 1. The molecule has 1 aromatic heterocycles. The van der Waals surface area contributed by atoms with Gasteiger partial charge in [0.25, 0.3) is 0 Å². The number of nitrogens with zero attached hydrogens (tertiary/aromatic N) is 2. The van der Waals surface area contributed by atoms with Gasteiger partial charge in [0.2, 0.25) is 11.7 Å². The molecule has 0 aliphatic rings. The predicted octanol–water partition coefficient (Wildman–Crippen LogP) is 2.40. The normalized spacial score (nSPS) is 9.95. The van der Waals surface area contributed by atoms with E-state index in [1.807, 2.05) is 0 Å². The van der Waals surface area contributed by atoms with Gasteiger partial charge in [-0.15, -0.1) is 0 Å². The van der Waals surface area contributed by atoms with E-state index in [1.54, 1.807) is 0 Å². The lowest BCUT2D eigenvalue weighted by molar-refractivity contribution is -0.384. The molecule has 1 rings (SSSR count). The Kier molecular flexibility index (Phi) is 6.28. The number of nitrogens with one attached hydrogen (secondary N) is 2. The molecule has 1 amide bonds. The summed E-state index contributed by atoms with van der Waals surface area (Å²) in [5.41, 5.74) is 4.73. The Hall–Kier alpha value is -2.18. The van der Waals surface area contributed by atoms with Crippen LogP contribution in [0.1, 0.15) is 39.0 Å². The summed E-state index contributed by atoms with van der Waals surface area (Å²) in [6.45, 7) is 2.10. The van der Waals surface area contributed by atoms with Crippen LogP contribution in [-0.2, 0) is 4.79 Å². The van der Waals surface area contributed by atoms with E-state index < -0.39 is 4.92 Å². The number of pyridine rings is 1. The van der Waals surface area contributed by atoms with Gasteiger partial charge in [0.05, 0.1) is 4.92 Å².